The van der Waals surface area contributed by atoms with Crippen LogP contribution in [0.2, 0.25) is 0 Å². The Morgan fingerprint density at radius 3 is 3.04 bits per heavy atom. The number of carbonyl (C=O) groups excluding carboxylic acids is 1. The molecule has 2 N–H and O–H groups in total. The Balaban J connectivity index is 1.51. The lowest BCUT2D eigenvalue weighted by Crippen LogP contribution is -2.41. The molecule has 0 radical (unpaired) electrons. The van der Waals surface area contributed by atoms with Gasteiger partial charge in [0.05, 0.1) is 0 Å². The molecular weight excluding hydrogens is 329 g/mol. The largest absolute Gasteiger partial charge is 0.336 e. The molecule has 1 aliphatic rings. The van der Waals surface area contributed by atoms with Crippen molar-refractivity contribution in [3.8, 4) is 0 Å². The number of hydrogen-bond donors (Lipinski definition) is 2. The van der Waals surface area contributed by atoms with Crippen LogP contribution in [0.4, 0.5) is 15.0 Å². The maximum atomic E-state index is 13.8. The summed E-state index contributed by atoms with van der Waals surface area (Å²) in [6, 6.07) is 5.55. The molecule has 0 saturated carbocycles. The van der Waals surface area contributed by atoms with E-state index in [9.17, 15) is 9.18 Å². The van der Waals surface area contributed by atoms with Crippen LogP contribution in [0.3, 0.4) is 0 Å². The fourth-order valence-electron chi connectivity index (χ4n) is 2.92. The van der Waals surface area contributed by atoms with Crippen molar-refractivity contribution in [2.24, 2.45) is 7.05 Å². The number of amides is 2. The number of alkyl halides is 1. The summed E-state index contributed by atoms with van der Waals surface area (Å²) in [4.78, 5) is 15.3. The second kappa shape index (κ2) is 7.31. The molecule has 2 amide bonds. The van der Waals surface area contributed by atoms with E-state index in [1.807, 2.05) is 25.4 Å². The molecule has 2 atom stereocenters. The van der Waals surface area contributed by atoms with Crippen LogP contribution in [0.1, 0.15) is 17.0 Å². The first-order valence-electron chi connectivity index (χ1n) is 7.97. The number of thiophene rings is 1. The van der Waals surface area contributed by atoms with Crippen molar-refractivity contribution in [3.05, 3.63) is 34.2 Å². The number of aromatic nitrogens is 2. The predicted octanol–water partition coefficient (Wildman–Crippen LogP) is 2.52. The normalized spacial score (nSPS) is 21.1. The molecule has 2 aromatic heterocycles. The fraction of sp³-hybridized carbons (Fsp3) is 0.500. The van der Waals surface area contributed by atoms with Gasteiger partial charge in [-0.2, -0.15) is 5.10 Å². The lowest BCUT2D eigenvalue weighted by Gasteiger charge is -2.23. The number of carbonyl (C=O) groups is 1. The average molecular weight is 351 g/mol. The summed E-state index contributed by atoms with van der Waals surface area (Å²) in [5.74, 6) is 0.512. The summed E-state index contributed by atoms with van der Waals surface area (Å²) in [7, 11) is 1.82. The zero-order chi connectivity index (χ0) is 17.1. The standard InChI is InChI=1S/C16H22FN5OS/c1-11-6-15(20-21(11)2)19-16(23)18-8-13-7-12(17)9-22(13)10-14-4-3-5-24-14/h3-6,12-13H,7-10H2,1-2H3,(H2,18,19,20,23)/t12-,13-/m0/s1. The van der Waals surface area contributed by atoms with Gasteiger partial charge in [0.2, 0.25) is 0 Å². The Labute approximate surface area is 144 Å². The van der Waals surface area contributed by atoms with Gasteiger partial charge in [-0.25, -0.2) is 9.18 Å². The van der Waals surface area contributed by atoms with Gasteiger partial charge in [-0.15, -0.1) is 11.3 Å². The van der Waals surface area contributed by atoms with Crippen LogP contribution < -0.4 is 10.6 Å². The van der Waals surface area contributed by atoms with Crippen LogP contribution >= 0.6 is 11.3 Å². The van der Waals surface area contributed by atoms with Crippen LogP contribution in [0.5, 0.6) is 0 Å². The molecule has 3 heterocycles. The minimum atomic E-state index is -0.835. The topological polar surface area (TPSA) is 62.2 Å². The molecular formula is C16H22FN5OS. The summed E-state index contributed by atoms with van der Waals surface area (Å²) in [6.45, 7) is 3.48. The highest BCUT2D eigenvalue weighted by Crippen LogP contribution is 2.23. The van der Waals surface area contributed by atoms with Crippen molar-refractivity contribution in [2.75, 3.05) is 18.4 Å². The third-order valence-electron chi connectivity index (χ3n) is 4.27. The van der Waals surface area contributed by atoms with E-state index in [2.05, 4.69) is 26.7 Å². The zero-order valence-corrected chi connectivity index (χ0v) is 14.6. The number of nitrogens with one attached hydrogen (secondary N) is 2. The highest BCUT2D eigenvalue weighted by molar-refractivity contribution is 7.09. The smallest absolute Gasteiger partial charge is 0.320 e. The number of anilines is 1. The fourth-order valence-corrected chi connectivity index (χ4v) is 3.65. The molecule has 8 heteroatoms. The lowest BCUT2D eigenvalue weighted by molar-refractivity contribution is 0.225. The molecule has 1 fully saturated rings. The SMILES string of the molecule is Cc1cc(NC(=O)NC[C@@H]2C[C@H](F)CN2Cc2cccs2)nn1C. The lowest BCUT2D eigenvalue weighted by atomic mass is 10.2. The van der Waals surface area contributed by atoms with E-state index < -0.39 is 6.17 Å². The molecule has 0 spiro atoms. The van der Waals surface area contributed by atoms with Crippen LogP contribution in [-0.2, 0) is 13.6 Å². The first-order valence-corrected chi connectivity index (χ1v) is 8.85. The molecule has 130 valence electrons. The number of halogens is 1. The van der Waals surface area contributed by atoms with Crippen molar-refractivity contribution in [1.29, 1.82) is 0 Å². The van der Waals surface area contributed by atoms with E-state index in [-0.39, 0.29) is 12.1 Å². The van der Waals surface area contributed by atoms with Crippen molar-refractivity contribution in [2.45, 2.75) is 32.1 Å². The summed E-state index contributed by atoms with van der Waals surface area (Å²) >= 11 is 1.67. The maximum absolute atomic E-state index is 13.8. The first-order chi connectivity index (χ1) is 11.5. The van der Waals surface area contributed by atoms with Gasteiger partial charge < -0.3 is 5.32 Å². The molecule has 24 heavy (non-hydrogen) atoms. The maximum Gasteiger partial charge on any atom is 0.320 e. The van der Waals surface area contributed by atoms with Gasteiger partial charge in [0, 0.05) is 49.4 Å². The Hall–Kier alpha value is -1.93. The second-order valence-corrected chi connectivity index (χ2v) is 7.16. The van der Waals surface area contributed by atoms with Gasteiger partial charge in [-0.05, 0) is 24.8 Å². The molecule has 2 aromatic rings. The van der Waals surface area contributed by atoms with Crippen molar-refractivity contribution < 1.29 is 9.18 Å². The molecule has 0 aromatic carbocycles. The van der Waals surface area contributed by atoms with Crippen LogP contribution in [-0.4, -0.2) is 46.0 Å². The van der Waals surface area contributed by atoms with E-state index in [1.54, 1.807) is 22.1 Å². The van der Waals surface area contributed by atoms with E-state index in [4.69, 9.17) is 0 Å². The summed E-state index contributed by atoms with van der Waals surface area (Å²) in [5.41, 5.74) is 0.962. The Morgan fingerprint density at radius 1 is 1.54 bits per heavy atom. The molecule has 6 nitrogen and oxygen atoms in total. The van der Waals surface area contributed by atoms with Gasteiger partial charge in [0.15, 0.2) is 5.82 Å². The van der Waals surface area contributed by atoms with Gasteiger partial charge in [-0.3, -0.25) is 14.9 Å². The quantitative estimate of drug-likeness (QED) is 0.870. The Kier molecular flexibility index (Phi) is 5.15. The minimum Gasteiger partial charge on any atom is -0.336 e. The molecule has 3 rings (SSSR count). The molecule has 1 aliphatic heterocycles. The van der Waals surface area contributed by atoms with Gasteiger partial charge >= 0.3 is 6.03 Å². The number of rotatable bonds is 5. The highest BCUT2D eigenvalue weighted by Gasteiger charge is 2.32. The zero-order valence-electron chi connectivity index (χ0n) is 13.8. The van der Waals surface area contributed by atoms with Crippen molar-refractivity contribution in [1.82, 2.24) is 20.0 Å². The Morgan fingerprint density at radius 2 is 2.38 bits per heavy atom. The average Bonchev–Trinajstić information content (AvgIpc) is 3.21. The van der Waals surface area contributed by atoms with E-state index in [1.165, 1.54) is 4.88 Å². The van der Waals surface area contributed by atoms with Crippen molar-refractivity contribution >= 4 is 23.2 Å². The highest BCUT2D eigenvalue weighted by atomic mass is 32.1. The monoisotopic (exact) mass is 351 g/mol. The number of likely N-dealkylation sites (tertiary alicyclic amines) is 1. The molecule has 0 bridgehead atoms. The van der Waals surface area contributed by atoms with E-state index in [0.717, 1.165) is 12.2 Å². The second-order valence-electron chi connectivity index (χ2n) is 6.13. The van der Waals surface area contributed by atoms with Gasteiger partial charge in [0.25, 0.3) is 0 Å². The first kappa shape index (κ1) is 16.9. The molecule has 0 unspecified atom stereocenters. The van der Waals surface area contributed by atoms with Gasteiger partial charge in [0.1, 0.15) is 6.17 Å². The number of urea groups is 1. The summed E-state index contributed by atoms with van der Waals surface area (Å²) in [5, 5.41) is 11.7. The summed E-state index contributed by atoms with van der Waals surface area (Å²) in [6.07, 6.45) is -0.382. The third kappa shape index (κ3) is 4.12. The van der Waals surface area contributed by atoms with E-state index >= 15 is 0 Å². The molecule has 1 saturated heterocycles. The number of nitrogens with zero attached hydrogens (tertiary/aromatic N) is 3. The minimum absolute atomic E-state index is 0.0123. The van der Waals surface area contributed by atoms with Crippen LogP contribution in [0.25, 0.3) is 0 Å². The molecule has 0 aliphatic carbocycles. The van der Waals surface area contributed by atoms with Crippen LogP contribution in [0, 0.1) is 6.92 Å². The number of aryl methyl sites for hydroxylation is 2. The van der Waals surface area contributed by atoms with Gasteiger partial charge in [-0.1, -0.05) is 6.07 Å². The van der Waals surface area contributed by atoms with Crippen molar-refractivity contribution in [3.63, 3.8) is 0 Å². The van der Waals surface area contributed by atoms with Crippen LogP contribution in [0.15, 0.2) is 23.6 Å². The predicted molar refractivity (Wildman–Crippen MR) is 93.0 cm³/mol. The third-order valence-corrected chi connectivity index (χ3v) is 5.13. The summed E-state index contributed by atoms with van der Waals surface area (Å²) < 4.78 is 15.5. The number of hydrogen-bond acceptors (Lipinski definition) is 4. The Bertz CT molecular complexity index is 667. The van der Waals surface area contributed by atoms with E-state index in [0.29, 0.717) is 25.3 Å².